The number of thiophene rings is 1. The van der Waals surface area contributed by atoms with E-state index in [2.05, 4.69) is 34.8 Å². The van der Waals surface area contributed by atoms with Crippen LogP contribution in [0.25, 0.3) is 0 Å². The van der Waals surface area contributed by atoms with E-state index in [0.29, 0.717) is 0 Å². The number of piperidine rings is 1. The molecule has 84 valence electrons. The van der Waals surface area contributed by atoms with E-state index < -0.39 is 0 Å². The molecule has 0 aliphatic carbocycles. The Morgan fingerprint density at radius 3 is 2.87 bits per heavy atom. The Morgan fingerprint density at radius 2 is 2.27 bits per heavy atom. The zero-order chi connectivity index (χ0) is 10.5. The van der Waals surface area contributed by atoms with Crippen molar-refractivity contribution in [3.05, 3.63) is 22.4 Å². The van der Waals surface area contributed by atoms with E-state index >= 15 is 0 Å². The van der Waals surface area contributed by atoms with Gasteiger partial charge in [-0.3, -0.25) is 0 Å². The van der Waals surface area contributed by atoms with Crippen LogP contribution >= 0.6 is 11.3 Å². The first-order chi connectivity index (χ1) is 7.38. The zero-order valence-corrected chi connectivity index (χ0v) is 10.2. The molecule has 0 atom stereocenters. The minimum Gasteiger partial charge on any atom is -0.317 e. The van der Waals surface area contributed by atoms with E-state index in [1.165, 1.54) is 43.8 Å². The molecule has 2 nitrogen and oxygen atoms in total. The number of likely N-dealkylation sites (tertiary alicyclic amines) is 1. The van der Waals surface area contributed by atoms with Gasteiger partial charge < -0.3 is 10.2 Å². The Kier molecular flexibility index (Phi) is 4.18. The van der Waals surface area contributed by atoms with Crippen LogP contribution in [0.15, 0.2) is 17.5 Å². The fraction of sp³-hybridized carbons (Fsp3) is 0.667. The second-order valence-electron chi connectivity index (χ2n) is 4.23. The fourth-order valence-corrected chi connectivity index (χ4v) is 2.87. The predicted molar refractivity (Wildman–Crippen MR) is 66.5 cm³/mol. The quantitative estimate of drug-likeness (QED) is 0.841. The molecular formula is C12H20N2S. The summed E-state index contributed by atoms with van der Waals surface area (Å²) in [5, 5.41) is 5.54. The molecule has 0 spiro atoms. The van der Waals surface area contributed by atoms with Gasteiger partial charge in [-0.2, -0.15) is 0 Å². The third kappa shape index (κ3) is 3.30. The average Bonchev–Trinajstić information content (AvgIpc) is 2.80. The van der Waals surface area contributed by atoms with Crippen LogP contribution in [0.4, 0.5) is 0 Å². The SMILES string of the molecule is CNC1CCN(CCc2cccs2)CC1. The molecule has 1 fully saturated rings. The maximum atomic E-state index is 3.37. The number of nitrogens with zero attached hydrogens (tertiary/aromatic N) is 1. The summed E-state index contributed by atoms with van der Waals surface area (Å²) in [6.45, 7) is 3.75. The van der Waals surface area contributed by atoms with Gasteiger partial charge in [0.2, 0.25) is 0 Å². The average molecular weight is 224 g/mol. The van der Waals surface area contributed by atoms with Crippen molar-refractivity contribution in [3.63, 3.8) is 0 Å². The zero-order valence-electron chi connectivity index (χ0n) is 9.41. The number of hydrogen-bond acceptors (Lipinski definition) is 3. The smallest absolute Gasteiger partial charge is 0.00884 e. The van der Waals surface area contributed by atoms with Crippen molar-refractivity contribution in [2.24, 2.45) is 0 Å². The number of rotatable bonds is 4. The van der Waals surface area contributed by atoms with Gasteiger partial charge >= 0.3 is 0 Å². The van der Waals surface area contributed by atoms with E-state index in [0.717, 1.165) is 6.04 Å². The van der Waals surface area contributed by atoms with Crippen LogP contribution in [-0.4, -0.2) is 37.6 Å². The summed E-state index contributed by atoms with van der Waals surface area (Å²) in [4.78, 5) is 4.11. The first-order valence-corrected chi connectivity index (χ1v) is 6.68. The lowest BCUT2D eigenvalue weighted by molar-refractivity contribution is 0.204. The van der Waals surface area contributed by atoms with Crippen LogP contribution in [0.1, 0.15) is 17.7 Å². The van der Waals surface area contributed by atoms with Crippen LogP contribution in [0.5, 0.6) is 0 Å². The summed E-state index contributed by atoms with van der Waals surface area (Å²) in [5.41, 5.74) is 0. The van der Waals surface area contributed by atoms with Crippen LogP contribution in [0.3, 0.4) is 0 Å². The highest BCUT2D eigenvalue weighted by atomic mass is 32.1. The van der Waals surface area contributed by atoms with Gasteiger partial charge in [0.15, 0.2) is 0 Å². The molecule has 0 radical (unpaired) electrons. The molecule has 1 aromatic rings. The topological polar surface area (TPSA) is 15.3 Å². The highest BCUT2D eigenvalue weighted by Gasteiger charge is 2.16. The van der Waals surface area contributed by atoms with Gasteiger partial charge in [-0.25, -0.2) is 0 Å². The minimum atomic E-state index is 0.753. The molecule has 0 saturated carbocycles. The summed E-state index contributed by atoms with van der Waals surface area (Å²) in [7, 11) is 2.08. The molecule has 1 N–H and O–H groups in total. The highest BCUT2D eigenvalue weighted by molar-refractivity contribution is 7.09. The lowest BCUT2D eigenvalue weighted by Crippen LogP contribution is -2.41. The number of nitrogens with one attached hydrogen (secondary N) is 1. The third-order valence-corrected chi connectivity index (χ3v) is 4.19. The summed E-state index contributed by atoms with van der Waals surface area (Å²) >= 11 is 1.88. The van der Waals surface area contributed by atoms with Gasteiger partial charge in [0.05, 0.1) is 0 Å². The molecule has 3 heteroatoms. The van der Waals surface area contributed by atoms with Crippen molar-refractivity contribution < 1.29 is 0 Å². The van der Waals surface area contributed by atoms with Crippen molar-refractivity contribution in [1.82, 2.24) is 10.2 Å². The standard InChI is InChI=1S/C12H20N2S/c1-13-11-4-7-14(8-5-11)9-6-12-3-2-10-15-12/h2-3,10-11,13H,4-9H2,1H3. The van der Waals surface area contributed by atoms with E-state index in [4.69, 9.17) is 0 Å². The number of hydrogen-bond donors (Lipinski definition) is 1. The van der Waals surface area contributed by atoms with E-state index in [1.54, 1.807) is 0 Å². The predicted octanol–water partition coefficient (Wildman–Crippen LogP) is 1.97. The molecule has 1 aliphatic rings. The molecule has 1 saturated heterocycles. The van der Waals surface area contributed by atoms with Crippen molar-refractivity contribution in [2.75, 3.05) is 26.7 Å². The fourth-order valence-electron chi connectivity index (χ4n) is 2.17. The summed E-state index contributed by atoms with van der Waals surface area (Å²) < 4.78 is 0. The Hall–Kier alpha value is -0.380. The summed E-state index contributed by atoms with van der Waals surface area (Å²) in [5.74, 6) is 0. The molecule has 1 aliphatic heterocycles. The van der Waals surface area contributed by atoms with Crippen molar-refractivity contribution in [1.29, 1.82) is 0 Å². The Labute approximate surface area is 96.3 Å². The Balaban J connectivity index is 1.69. The van der Waals surface area contributed by atoms with Gasteiger partial charge in [-0.05, 0) is 50.8 Å². The van der Waals surface area contributed by atoms with Crippen LogP contribution in [0, 0.1) is 0 Å². The molecule has 2 rings (SSSR count). The van der Waals surface area contributed by atoms with Crippen molar-refractivity contribution >= 4 is 11.3 Å². The van der Waals surface area contributed by atoms with Gasteiger partial charge in [-0.1, -0.05) is 6.07 Å². The summed E-state index contributed by atoms with van der Waals surface area (Å²) in [6.07, 6.45) is 3.84. The summed E-state index contributed by atoms with van der Waals surface area (Å²) in [6, 6.07) is 5.14. The molecule has 0 amide bonds. The largest absolute Gasteiger partial charge is 0.317 e. The lowest BCUT2D eigenvalue weighted by Gasteiger charge is -2.31. The molecule has 0 bridgehead atoms. The highest BCUT2D eigenvalue weighted by Crippen LogP contribution is 2.13. The van der Waals surface area contributed by atoms with Gasteiger partial charge in [0, 0.05) is 17.5 Å². The molecule has 0 unspecified atom stereocenters. The van der Waals surface area contributed by atoms with Gasteiger partial charge in [0.25, 0.3) is 0 Å². The molecule has 0 aromatic carbocycles. The van der Waals surface area contributed by atoms with E-state index in [9.17, 15) is 0 Å². The second-order valence-corrected chi connectivity index (χ2v) is 5.27. The van der Waals surface area contributed by atoms with E-state index in [-0.39, 0.29) is 0 Å². The van der Waals surface area contributed by atoms with E-state index in [1.807, 2.05) is 11.3 Å². The second kappa shape index (κ2) is 5.64. The lowest BCUT2D eigenvalue weighted by atomic mass is 10.1. The monoisotopic (exact) mass is 224 g/mol. The van der Waals surface area contributed by atoms with Crippen molar-refractivity contribution in [2.45, 2.75) is 25.3 Å². The molecular weight excluding hydrogens is 204 g/mol. The van der Waals surface area contributed by atoms with Crippen LogP contribution in [-0.2, 0) is 6.42 Å². The Bertz CT molecular complexity index is 263. The first-order valence-electron chi connectivity index (χ1n) is 5.80. The molecule has 1 aromatic heterocycles. The van der Waals surface area contributed by atoms with Crippen molar-refractivity contribution in [3.8, 4) is 0 Å². The normalized spacial score (nSPS) is 19.5. The van der Waals surface area contributed by atoms with Gasteiger partial charge in [0.1, 0.15) is 0 Å². The third-order valence-electron chi connectivity index (χ3n) is 3.25. The van der Waals surface area contributed by atoms with Gasteiger partial charge in [-0.15, -0.1) is 11.3 Å². The minimum absolute atomic E-state index is 0.753. The maximum Gasteiger partial charge on any atom is 0.00884 e. The Morgan fingerprint density at radius 1 is 1.47 bits per heavy atom. The first kappa shape index (κ1) is 11.1. The molecule has 15 heavy (non-hydrogen) atoms. The van der Waals surface area contributed by atoms with Crippen LogP contribution in [0.2, 0.25) is 0 Å². The molecule has 2 heterocycles. The van der Waals surface area contributed by atoms with Crippen LogP contribution < -0.4 is 5.32 Å². The maximum absolute atomic E-state index is 3.37.